The molecule has 186 valence electrons. The van der Waals surface area contributed by atoms with E-state index in [1.54, 1.807) is 0 Å². The highest BCUT2D eigenvalue weighted by Gasteiger charge is 2.27. The minimum absolute atomic E-state index is 0.625. The maximum atomic E-state index is 9.80. The molecule has 39 heavy (non-hydrogen) atoms. The van der Waals surface area contributed by atoms with Gasteiger partial charge in [-0.15, -0.1) is 0 Å². The number of rotatable bonds is 3. The van der Waals surface area contributed by atoms with Crippen molar-refractivity contribution in [2.24, 2.45) is 0 Å². The number of hydrogen-bond acceptors (Lipinski definition) is 3. The van der Waals surface area contributed by atoms with Crippen LogP contribution in [0.3, 0.4) is 0 Å². The molecule has 0 spiro atoms. The summed E-state index contributed by atoms with van der Waals surface area (Å²) < 4.78 is 7.05. The van der Waals surface area contributed by atoms with Crippen molar-refractivity contribution >= 4 is 65.4 Å². The van der Waals surface area contributed by atoms with Gasteiger partial charge in [-0.05, 0) is 75.4 Å². The third-order valence-electron chi connectivity index (χ3n) is 8.24. The molecule has 7 aromatic rings. The van der Waals surface area contributed by atoms with Crippen molar-refractivity contribution in [3.8, 4) is 18.2 Å². The average molecular weight is 505 g/mol. The zero-order chi connectivity index (χ0) is 27.0. The van der Waals surface area contributed by atoms with E-state index >= 15 is 0 Å². The first-order valence-electron chi connectivity index (χ1n) is 13.3. The van der Waals surface area contributed by atoms with Gasteiger partial charge in [0.05, 0.1) is 51.4 Å². The number of nitriles is 3. The van der Waals surface area contributed by atoms with E-state index in [0.717, 1.165) is 85.1 Å². The molecule has 3 heterocycles. The zero-order valence-corrected chi connectivity index (χ0v) is 22.0. The van der Waals surface area contributed by atoms with Gasteiger partial charge in [-0.2, -0.15) is 15.8 Å². The van der Waals surface area contributed by atoms with E-state index in [2.05, 4.69) is 70.9 Å². The van der Waals surface area contributed by atoms with Crippen LogP contribution in [-0.4, -0.2) is 13.7 Å². The van der Waals surface area contributed by atoms with Crippen LogP contribution in [0, 0.1) is 34.0 Å². The third-order valence-corrected chi connectivity index (χ3v) is 8.24. The molecule has 6 nitrogen and oxygen atoms in total. The van der Waals surface area contributed by atoms with Crippen LogP contribution in [0.15, 0.2) is 54.6 Å². The number of aryl methyl sites for hydroxylation is 3. The van der Waals surface area contributed by atoms with Crippen LogP contribution >= 0.6 is 0 Å². The van der Waals surface area contributed by atoms with E-state index in [0.29, 0.717) is 16.7 Å². The lowest BCUT2D eigenvalue weighted by Crippen LogP contribution is -1.98. The molecule has 0 amide bonds. The molecule has 4 aromatic carbocycles. The Morgan fingerprint density at radius 3 is 1.00 bits per heavy atom. The molecule has 0 aliphatic rings. The molecule has 0 atom stereocenters. The molecular weight excluding hydrogens is 480 g/mol. The first-order valence-corrected chi connectivity index (χ1v) is 13.3. The average Bonchev–Trinajstić information content (AvgIpc) is 3.60. The number of aromatic nitrogens is 3. The second kappa shape index (κ2) is 8.12. The van der Waals surface area contributed by atoms with Crippen LogP contribution in [0.5, 0.6) is 0 Å². The largest absolute Gasteiger partial charge is 0.340 e. The van der Waals surface area contributed by atoms with Crippen LogP contribution in [0.4, 0.5) is 0 Å². The van der Waals surface area contributed by atoms with Gasteiger partial charge in [0.15, 0.2) is 0 Å². The van der Waals surface area contributed by atoms with Crippen molar-refractivity contribution in [2.45, 2.75) is 40.4 Å². The van der Waals surface area contributed by atoms with Crippen LogP contribution in [0.1, 0.15) is 37.5 Å². The second-order valence-corrected chi connectivity index (χ2v) is 9.93. The Morgan fingerprint density at radius 2 is 0.769 bits per heavy atom. The molecule has 7 rings (SSSR count). The lowest BCUT2D eigenvalue weighted by atomic mass is 10.0. The molecule has 0 aliphatic carbocycles. The molecule has 0 fully saturated rings. The molecule has 0 saturated carbocycles. The fourth-order valence-corrected chi connectivity index (χ4v) is 6.76. The minimum Gasteiger partial charge on any atom is -0.340 e. The predicted molar refractivity (Wildman–Crippen MR) is 157 cm³/mol. The van der Waals surface area contributed by atoms with Crippen molar-refractivity contribution in [3.63, 3.8) is 0 Å². The van der Waals surface area contributed by atoms with Crippen molar-refractivity contribution < 1.29 is 0 Å². The van der Waals surface area contributed by atoms with Crippen LogP contribution in [0.2, 0.25) is 0 Å². The highest BCUT2D eigenvalue weighted by molar-refractivity contribution is 6.39. The highest BCUT2D eigenvalue weighted by Crippen LogP contribution is 2.48. The van der Waals surface area contributed by atoms with Crippen molar-refractivity contribution in [2.75, 3.05) is 0 Å². The van der Waals surface area contributed by atoms with E-state index in [1.165, 1.54) is 0 Å². The van der Waals surface area contributed by atoms with Crippen LogP contribution in [0.25, 0.3) is 65.4 Å². The lowest BCUT2D eigenvalue weighted by Gasteiger charge is -2.10. The summed E-state index contributed by atoms with van der Waals surface area (Å²) in [6.45, 7) is 8.74. The topological polar surface area (TPSA) is 86.2 Å². The monoisotopic (exact) mass is 504 g/mol. The van der Waals surface area contributed by atoms with Gasteiger partial charge < -0.3 is 13.7 Å². The summed E-state index contributed by atoms with van der Waals surface area (Å²) >= 11 is 0. The van der Waals surface area contributed by atoms with Gasteiger partial charge in [-0.3, -0.25) is 0 Å². The van der Waals surface area contributed by atoms with Gasteiger partial charge in [0, 0.05) is 68.5 Å². The fourth-order valence-electron chi connectivity index (χ4n) is 6.76. The molecule has 0 unspecified atom stereocenters. The van der Waals surface area contributed by atoms with Gasteiger partial charge in [-0.1, -0.05) is 0 Å². The molecule has 3 aromatic heterocycles. The van der Waals surface area contributed by atoms with Gasteiger partial charge in [0.2, 0.25) is 0 Å². The molecule has 0 bridgehead atoms. The Kier molecular flexibility index (Phi) is 4.77. The summed E-state index contributed by atoms with van der Waals surface area (Å²) in [7, 11) is 0. The first kappa shape index (κ1) is 22.9. The SMILES string of the molecule is CCn1c2ccc(C#N)cc2c2c1c1c3cc(C#N)ccc3n(CC)c1c1c3cc(C#N)ccc3n(CC)c21. The molecule has 6 heteroatoms. The summed E-state index contributed by atoms with van der Waals surface area (Å²) in [4.78, 5) is 0. The highest BCUT2D eigenvalue weighted by atomic mass is 15.0. The summed E-state index contributed by atoms with van der Waals surface area (Å²) in [6, 6.07) is 24.9. The lowest BCUT2D eigenvalue weighted by molar-refractivity contribution is 0.821. The standard InChI is InChI=1S/C33H24N6/c1-4-37-25-10-7-19(16-34)13-22(25)28-31(37)29-23-14-20(17-35)8-11-26(23)38(5-2)33(29)30-24-15-21(18-36)9-12-27(24)39(6-3)32(28)30/h7-15H,4-6H2,1-3H3. The van der Waals surface area contributed by atoms with Crippen molar-refractivity contribution in [3.05, 3.63) is 71.3 Å². The third kappa shape index (κ3) is 2.77. The minimum atomic E-state index is 0.625. The first-order chi connectivity index (χ1) is 19.1. The number of hydrogen-bond donors (Lipinski definition) is 0. The summed E-state index contributed by atoms with van der Waals surface area (Å²) in [6.07, 6.45) is 0. The summed E-state index contributed by atoms with van der Waals surface area (Å²) in [5, 5.41) is 35.9. The number of nitrogens with zero attached hydrogens (tertiary/aromatic N) is 6. The predicted octanol–water partition coefficient (Wildman–Crippen LogP) is 7.69. The molecular formula is C33H24N6. The number of benzene rings is 4. The van der Waals surface area contributed by atoms with Crippen LogP contribution in [-0.2, 0) is 19.6 Å². The Labute approximate surface area is 224 Å². The molecule has 0 radical (unpaired) electrons. The van der Waals surface area contributed by atoms with Crippen molar-refractivity contribution in [1.29, 1.82) is 15.8 Å². The summed E-state index contributed by atoms with van der Waals surface area (Å²) in [5.41, 5.74) is 8.49. The Bertz CT molecular complexity index is 2030. The maximum absolute atomic E-state index is 9.80. The number of fused-ring (bicyclic) bond motifs is 12. The zero-order valence-electron chi connectivity index (χ0n) is 22.0. The Hall–Kier alpha value is -5.25. The summed E-state index contributed by atoms with van der Waals surface area (Å²) in [5.74, 6) is 0. The quantitative estimate of drug-likeness (QED) is 0.247. The van der Waals surface area contributed by atoms with Gasteiger partial charge >= 0.3 is 0 Å². The van der Waals surface area contributed by atoms with Crippen molar-refractivity contribution in [1.82, 2.24) is 13.7 Å². The van der Waals surface area contributed by atoms with E-state index in [1.807, 2.05) is 36.4 Å². The van der Waals surface area contributed by atoms with Gasteiger partial charge in [0.25, 0.3) is 0 Å². The van der Waals surface area contributed by atoms with E-state index in [-0.39, 0.29) is 0 Å². The van der Waals surface area contributed by atoms with Gasteiger partial charge in [0.1, 0.15) is 0 Å². The van der Waals surface area contributed by atoms with Gasteiger partial charge in [-0.25, -0.2) is 0 Å². The van der Waals surface area contributed by atoms with E-state index < -0.39 is 0 Å². The van der Waals surface area contributed by atoms with E-state index in [4.69, 9.17) is 0 Å². The Balaban J connectivity index is 1.97. The maximum Gasteiger partial charge on any atom is 0.0991 e. The molecule has 0 N–H and O–H groups in total. The van der Waals surface area contributed by atoms with Crippen LogP contribution < -0.4 is 0 Å². The smallest absolute Gasteiger partial charge is 0.0991 e. The Morgan fingerprint density at radius 1 is 0.487 bits per heavy atom. The van der Waals surface area contributed by atoms with E-state index in [9.17, 15) is 15.8 Å². The normalized spacial score (nSPS) is 11.7. The molecule has 0 aliphatic heterocycles. The molecule has 0 saturated heterocycles. The second-order valence-electron chi connectivity index (χ2n) is 9.93. The fraction of sp³-hybridized carbons (Fsp3) is 0.182.